The number of nitrogens with zero attached hydrogens (tertiary/aromatic N) is 1. The molecule has 1 aliphatic heterocycles. The Morgan fingerprint density at radius 2 is 2.20 bits per heavy atom. The second-order valence-electron chi connectivity index (χ2n) is 4.59. The molecule has 1 aliphatic rings. The Morgan fingerprint density at radius 1 is 1.45 bits per heavy atom. The van der Waals surface area contributed by atoms with E-state index in [1.807, 2.05) is 6.07 Å². The van der Waals surface area contributed by atoms with Crippen LogP contribution in [0.4, 0.5) is 4.39 Å². The van der Waals surface area contributed by atoms with Crippen LogP contribution < -0.4 is 5.32 Å². The average molecular weight is 345 g/mol. The van der Waals surface area contributed by atoms with Gasteiger partial charge in [0.05, 0.1) is 18.4 Å². The van der Waals surface area contributed by atoms with Crippen molar-refractivity contribution in [1.29, 1.82) is 0 Å². The van der Waals surface area contributed by atoms with E-state index < -0.39 is 0 Å². The predicted molar refractivity (Wildman–Crippen MR) is 79.3 cm³/mol. The van der Waals surface area contributed by atoms with Gasteiger partial charge in [0, 0.05) is 30.7 Å². The van der Waals surface area contributed by atoms with Crippen molar-refractivity contribution in [3.8, 4) is 0 Å². The molecular formula is C14H18BrFN2O2. The molecule has 6 heteroatoms. The van der Waals surface area contributed by atoms with Crippen molar-refractivity contribution in [2.24, 2.45) is 4.99 Å². The summed E-state index contributed by atoms with van der Waals surface area (Å²) in [7, 11) is 3.16. The Hall–Kier alpha value is -0.980. The SMILES string of the molecule is COC(CN=C1CCC(c2ccc(Br)cc2F)N1)OC. The molecule has 0 spiro atoms. The number of nitrogens with one attached hydrogen (secondary N) is 1. The van der Waals surface area contributed by atoms with Crippen molar-refractivity contribution in [1.82, 2.24) is 5.32 Å². The van der Waals surface area contributed by atoms with E-state index in [0.717, 1.165) is 23.1 Å². The van der Waals surface area contributed by atoms with E-state index in [4.69, 9.17) is 9.47 Å². The molecule has 1 N–H and O–H groups in total. The van der Waals surface area contributed by atoms with E-state index in [9.17, 15) is 4.39 Å². The molecule has 0 radical (unpaired) electrons. The minimum atomic E-state index is -0.340. The van der Waals surface area contributed by atoms with E-state index in [2.05, 4.69) is 26.2 Å². The van der Waals surface area contributed by atoms with Gasteiger partial charge in [-0.3, -0.25) is 4.99 Å². The van der Waals surface area contributed by atoms with Gasteiger partial charge in [0.1, 0.15) is 5.82 Å². The van der Waals surface area contributed by atoms with Gasteiger partial charge in [-0.1, -0.05) is 22.0 Å². The number of benzene rings is 1. The minimum absolute atomic E-state index is 0.0228. The predicted octanol–water partition coefficient (Wildman–Crippen LogP) is 3.03. The maximum Gasteiger partial charge on any atom is 0.176 e. The molecule has 0 bridgehead atoms. The molecule has 0 aromatic heterocycles. The third-order valence-electron chi connectivity index (χ3n) is 3.31. The van der Waals surface area contributed by atoms with Crippen molar-refractivity contribution >= 4 is 21.8 Å². The summed E-state index contributed by atoms with van der Waals surface area (Å²) < 4.78 is 24.8. The van der Waals surface area contributed by atoms with Gasteiger partial charge in [0.15, 0.2) is 6.29 Å². The number of methoxy groups -OCH3 is 2. The number of hydrogen-bond acceptors (Lipinski definition) is 3. The standard InChI is InChI=1S/C14H18BrFN2O2/c1-19-14(20-2)8-17-13-6-5-12(18-13)10-4-3-9(15)7-11(10)16/h3-4,7,12,14H,5-6,8H2,1-2H3,(H,17,18). The lowest BCUT2D eigenvalue weighted by atomic mass is 10.1. The number of ether oxygens (including phenoxy) is 2. The van der Waals surface area contributed by atoms with E-state index in [-0.39, 0.29) is 18.1 Å². The first-order valence-electron chi connectivity index (χ1n) is 6.44. The fourth-order valence-corrected chi connectivity index (χ4v) is 2.53. The molecular weight excluding hydrogens is 327 g/mol. The summed E-state index contributed by atoms with van der Waals surface area (Å²) in [6.07, 6.45) is 1.30. The number of amidine groups is 1. The van der Waals surface area contributed by atoms with Gasteiger partial charge in [-0.2, -0.15) is 0 Å². The molecule has 1 unspecified atom stereocenters. The van der Waals surface area contributed by atoms with Gasteiger partial charge in [0.25, 0.3) is 0 Å². The Bertz CT molecular complexity index is 492. The highest BCUT2D eigenvalue weighted by atomic mass is 79.9. The van der Waals surface area contributed by atoms with Gasteiger partial charge >= 0.3 is 0 Å². The van der Waals surface area contributed by atoms with Crippen LogP contribution in [0, 0.1) is 5.82 Å². The molecule has 1 saturated heterocycles. The number of aliphatic imine (C=N–C) groups is 1. The zero-order valence-electron chi connectivity index (χ0n) is 11.5. The fourth-order valence-electron chi connectivity index (χ4n) is 2.20. The average Bonchev–Trinajstić information content (AvgIpc) is 2.88. The quantitative estimate of drug-likeness (QED) is 0.835. The van der Waals surface area contributed by atoms with Crippen LogP contribution in [0.2, 0.25) is 0 Å². The van der Waals surface area contributed by atoms with Crippen molar-refractivity contribution in [2.75, 3.05) is 20.8 Å². The van der Waals surface area contributed by atoms with E-state index in [0.29, 0.717) is 12.1 Å². The lowest BCUT2D eigenvalue weighted by molar-refractivity contribution is -0.0937. The topological polar surface area (TPSA) is 42.8 Å². The van der Waals surface area contributed by atoms with Crippen LogP contribution in [0.5, 0.6) is 0 Å². The molecule has 0 aliphatic carbocycles. The minimum Gasteiger partial charge on any atom is -0.367 e. The zero-order chi connectivity index (χ0) is 14.5. The highest BCUT2D eigenvalue weighted by molar-refractivity contribution is 9.10. The Labute approximate surface area is 126 Å². The molecule has 0 amide bonds. The molecule has 20 heavy (non-hydrogen) atoms. The summed E-state index contributed by atoms with van der Waals surface area (Å²) in [6, 6.07) is 5.11. The van der Waals surface area contributed by atoms with Crippen LogP contribution in [-0.2, 0) is 9.47 Å². The molecule has 1 heterocycles. The molecule has 110 valence electrons. The second-order valence-corrected chi connectivity index (χ2v) is 5.51. The first kappa shape index (κ1) is 15.4. The summed E-state index contributed by atoms with van der Waals surface area (Å²) >= 11 is 3.26. The smallest absolute Gasteiger partial charge is 0.176 e. The van der Waals surface area contributed by atoms with Crippen molar-refractivity contribution in [2.45, 2.75) is 25.2 Å². The second kappa shape index (κ2) is 7.15. The lowest BCUT2D eigenvalue weighted by Gasteiger charge is -2.13. The Morgan fingerprint density at radius 3 is 2.85 bits per heavy atom. The molecule has 4 nitrogen and oxygen atoms in total. The molecule has 1 aromatic rings. The monoisotopic (exact) mass is 344 g/mol. The highest BCUT2D eigenvalue weighted by Crippen LogP contribution is 2.28. The first-order chi connectivity index (χ1) is 9.63. The Balaban J connectivity index is 1.99. The highest BCUT2D eigenvalue weighted by Gasteiger charge is 2.23. The molecule has 0 saturated carbocycles. The van der Waals surface area contributed by atoms with Gasteiger partial charge in [-0.05, 0) is 18.6 Å². The van der Waals surface area contributed by atoms with Crippen molar-refractivity contribution < 1.29 is 13.9 Å². The first-order valence-corrected chi connectivity index (χ1v) is 7.23. The summed E-state index contributed by atoms with van der Waals surface area (Å²) in [5.74, 6) is 0.668. The van der Waals surface area contributed by atoms with Gasteiger partial charge < -0.3 is 14.8 Å². The van der Waals surface area contributed by atoms with Crippen molar-refractivity contribution in [3.63, 3.8) is 0 Å². The van der Waals surface area contributed by atoms with Crippen LogP contribution in [0.25, 0.3) is 0 Å². The maximum atomic E-state index is 13.9. The van der Waals surface area contributed by atoms with Crippen LogP contribution >= 0.6 is 15.9 Å². The zero-order valence-corrected chi connectivity index (χ0v) is 13.1. The lowest BCUT2D eigenvalue weighted by Crippen LogP contribution is -2.23. The summed E-state index contributed by atoms with van der Waals surface area (Å²) in [5.41, 5.74) is 0.674. The van der Waals surface area contributed by atoms with Gasteiger partial charge in [-0.15, -0.1) is 0 Å². The van der Waals surface area contributed by atoms with Crippen LogP contribution in [0.3, 0.4) is 0 Å². The molecule has 1 atom stereocenters. The van der Waals surface area contributed by atoms with Crippen LogP contribution in [0.15, 0.2) is 27.7 Å². The number of hydrogen-bond donors (Lipinski definition) is 1. The summed E-state index contributed by atoms with van der Waals surface area (Å²) in [4.78, 5) is 4.41. The van der Waals surface area contributed by atoms with E-state index in [1.165, 1.54) is 6.07 Å². The normalized spacial score (nSPS) is 20.6. The Kier molecular flexibility index (Phi) is 5.51. The largest absolute Gasteiger partial charge is 0.367 e. The summed E-state index contributed by atoms with van der Waals surface area (Å²) in [5, 5.41) is 3.25. The number of halogens is 2. The van der Waals surface area contributed by atoms with Crippen molar-refractivity contribution in [3.05, 3.63) is 34.1 Å². The van der Waals surface area contributed by atoms with Crippen LogP contribution in [0.1, 0.15) is 24.4 Å². The van der Waals surface area contributed by atoms with E-state index >= 15 is 0 Å². The van der Waals surface area contributed by atoms with E-state index in [1.54, 1.807) is 20.3 Å². The molecule has 1 aromatic carbocycles. The fraction of sp³-hybridized carbons (Fsp3) is 0.500. The third-order valence-corrected chi connectivity index (χ3v) is 3.80. The van der Waals surface area contributed by atoms with Crippen LogP contribution in [-0.4, -0.2) is 32.9 Å². The number of rotatable bonds is 5. The molecule has 1 fully saturated rings. The van der Waals surface area contributed by atoms with Gasteiger partial charge in [-0.25, -0.2) is 4.39 Å². The molecule has 2 rings (SSSR count). The van der Waals surface area contributed by atoms with Gasteiger partial charge in [0.2, 0.25) is 0 Å². The third kappa shape index (κ3) is 3.77. The summed E-state index contributed by atoms with van der Waals surface area (Å²) in [6.45, 7) is 0.435. The maximum absolute atomic E-state index is 13.9.